The second-order valence-corrected chi connectivity index (χ2v) is 9.13. The Labute approximate surface area is 172 Å². The number of nitrogens with zero attached hydrogens (tertiary/aromatic N) is 1. The molecule has 1 atom stereocenters. The van der Waals surface area contributed by atoms with Gasteiger partial charge in [-0.3, -0.25) is 9.10 Å². The number of aryl methyl sites for hydroxylation is 1. The number of methoxy groups -OCH3 is 1. The molecule has 0 unspecified atom stereocenters. The molecule has 6 nitrogen and oxygen atoms in total. The lowest BCUT2D eigenvalue weighted by Gasteiger charge is -2.28. The zero-order valence-corrected chi connectivity index (χ0v) is 18.4. The van der Waals surface area contributed by atoms with E-state index in [0.29, 0.717) is 11.4 Å². The summed E-state index contributed by atoms with van der Waals surface area (Å²) in [5.41, 5.74) is 1.80. The Morgan fingerprint density at radius 3 is 2.44 bits per heavy atom. The van der Waals surface area contributed by atoms with E-state index >= 15 is 0 Å². The molecule has 0 heterocycles. The molecule has 0 saturated carbocycles. The van der Waals surface area contributed by atoms with Crippen molar-refractivity contribution >= 4 is 54.8 Å². The van der Waals surface area contributed by atoms with E-state index in [9.17, 15) is 13.2 Å². The summed E-state index contributed by atoms with van der Waals surface area (Å²) in [7, 11) is -2.28. The molecule has 9 heteroatoms. The fourth-order valence-electron chi connectivity index (χ4n) is 2.57. The number of carbonyl (C=O) groups excluding carboxylic acids is 1. The van der Waals surface area contributed by atoms with E-state index in [1.807, 2.05) is 13.0 Å². The number of amides is 1. The standard InChI is InChI=1S/C18H20BrClN2O4S/c1-11-9-13(5-7-15(11)19)21-18(23)12(2)22(27(4,24)25)14-6-8-17(26-3)16(20)10-14/h5-10,12H,1-4H3,(H,21,23)/t12-/m0/s1. The Hall–Kier alpha value is -1.77. The first-order chi connectivity index (χ1) is 12.5. The van der Waals surface area contributed by atoms with Crippen LogP contribution in [-0.4, -0.2) is 33.7 Å². The number of benzene rings is 2. The van der Waals surface area contributed by atoms with Crippen LogP contribution in [0.2, 0.25) is 5.02 Å². The van der Waals surface area contributed by atoms with E-state index < -0.39 is 22.0 Å². The lowest BCUT2D eigenvalue weighted by Crippen LogP contribution is -2.45. The normalized spacial score (nSPS) is 12.4. The SMILES string of the molecule is COc1ccc(N([C@@H](C)C(=O)Nc2ccc(Br)c(C)c2)S(C)(=O)=O)cc1Cl. The first-order valence-corrected chi connectivity index (χ1v) is 11.0. The molecule has 1 N–H and O–H groups in total. The summed E-state index contributed by atoms with van der Waals surface area (Å²) in [4.78, 5) is 12.7. The molecule has 0 aliphatic carbocycles. The monoisotopic (exact) mass is 474 g/mol. The highest BCUT2D eigenvalue weighted by molar-refractivity contribution is 9.10. The second-order valence-electron chi connectivity index (χ2n) is 6.01. The predicted molar refractivity (Wildman–Crippen MR) is 112 cm³/mol. The zero-order chi connectivity index (χ0) is 20.4. The summed E-state index contributed by atoms with van der Waals surface area (Å²) in [6, 6.07) is 8.90. The van der Waals surface area contributed by atoms with Crippen molar-refractivity contribution in [2.45, 2.75) is 19.9 Å². The van der Waals surface area contributed by atoms with Gasteiger partial charge in [-0.05, 0) is 55.8 Å². The number of ether oxygens (including phenoxy) is 1. The third-order valence-electron chi connectivity index (χ3n) is 3.90. The summed E-state index contributed by atoms with van der Waals surface area (Å²) >= 11 is 9.52. The zero-order valence-electron chi connectivity index (χ0n) is 15.3. The van der Waals surface area contributed by atoms with Gasteiger partial charge in [-0.1, -0.05) is 27.5 Å². The smallest absolute Gasteiger partial charge is 0.247 e. The molecule has 0 saturated heterocycles. The van der Waals surface area contributed by atoms with Crippen molar-refractivity contribution in [3.8, 4) is 5.75 Å². The van der Waals surface area contributed by atoms with Crippen LogP contribution in [0.1, 0.15) is 12.5 Å². The minimum Gasteiger partial charge on any atom is -0.495 e. The Bertz CT molecular complexity index is 966. The molecule has 27 heavy (non-hydrogen) atoms. The van der Waals surface area contributed by atoms with Crippen molar-refractivity contribution in [2.24, 2.45) is 0 Å². The Kier molecular flexibility index (Phi) is 6.77. The Morgan fingerprint density at radius 1 is 1.26 bits per heavy atom. The molecule has 0 spiro atoms. The molecule has 0 aromatic heterocycles. The fourth-order valence-corrected chi connectivity index (χ4v) is 4.24. The van der Waals surface area contributed by atoms with Crippen LogP contribution >= 0.6 is 27.5 Å². The maximum Gasteiger partial charge on any atom is 0.247 e. The molecule has 2 rings (SSSR count). The largest absolute Gasteiger partial charge is 0.495 e. The van der Waals surface area contributed by atoms with Gasteiger partial charge in [0.25, 0.3) is 0 Å². The molecule has 0 aliphatic heterocycles. The van der Waals surface area contributed by atoms with Gasteiger partial charge >= 0.3 is 0 Å². The van der Waals surface area contributed by atoms with Crippen molar-refractivity contribution < 1.29 is 17.9 Å². The molecule has 0 bridgehead atoms. The van der Waals surface area contributed by atoms with Crippen LogP contribution in [0.4, 0.5) is 11.4 Å². The van der Waals surface area contributed by atoms with Crippen molar-refractivity contribution in [2.75, 3.05) is 23.0 Å². The molecule has 0 fully saturated rings. The van der Waals surface area contributed by atoms with Crippen molar-refractivity contribution in [1.29, 1.82) is 0 Å². The highest BCUT2D eigenvalue weighted by Crippen LogP contribution is 2.31. The minimum atomic E-state index is -3.74. The third-order valence-corrected chi connectivity index (χ3v) is 6.33. The average molecular weight is 476 g/mol. The first kappa shape index (κ1) is 21.5. The van der Waals surface area contributed by atoms with Gasteiger partial charge in [-0.15, -0.1) is 0 Å². The van der Waals surface area contributed by atoms with E-state index in [1.165, 1.54) is 20.1 Å². The maximum absolute atomic E-state index is 12.7. The van der Waals surface area contributed by atoms with Gasteiger partial charge in [0.2, 0.25) is 15.9 Å². The number of carbonyl (C=O) groups is 1. The Balaban J connectivity index is 2.34. The molecule has 0 radical (unpaired) electrons. The summed E-state index contributed by atoms with van der Waals surface area (Å²) in [5, 5.41) is 3.00. The average Bonchev–Trinajstić information content (AvgIpc) is 2.57. The van der Waals surface area contributed by atoms with Gasteiger partial charge in [-0.25, -0.2) is 8.42 Å². The number of sulfonamides is 1. The van der Waals surface area contributed by atoms with Gasteiger partial charge in [-0.2, -0.15) is 0 Å². The van der Waals surface area contributed by atoms with Crippen LogP contribution in [0, 0.1) is 6.92 Å². The minimum absolute atomic E-state index is 0.250. The van der Waals surface area contributed by atoms with Gasteiger partial charge in [0, 0.05) is 10.2 Å². The molecule has 1 amide bonds. The van der Waals surface area contributed by atoms with Crippen LogP contribution in [0.15, 0.2) is 40.9 Å². The highest BCUT2D eigenvalue weighted by Gasteiger charge is 2.29. The molecule has 0 aliphatic rings. The lowest BCUT2D eigenvalue weighted by molar-refractivity contribution is -0.116. The molecule has 146 valence electrons. The van der Waals surface area contributed by atoms with Crippen molar-refractivity contribution in [3.05, 3.63) is 51.5 Å². The molecular formula is C18H20BrClN2O4S. The van der Waals surface area contributed by atoms with E-state index in [2.05, 4.69) is 21.2 Å². The van der Waals surface area contributed by atoms with Crippen LogP contribution in [0.5, 0.6) is 5.75 Å². The number of hydrogen-bond donors (Lipinski definition) is 1. The van der Waals surface area contributed by atoms with Crippen LogP contribution < -0.4 is 14.4 Å². The quantitative estimate of drug-likeness (QED) is 0.679. The fraction of sp³-hybridized carbons (Fsp3) is 0.278. The van der Waals surface area contributed by atoms with Gasteiger partial charge in [0.1, 0.15) is 11.8 Å². The number of anilines is 2. The van der Waals surface area contributed by atoms with Gasteiger partial charge < -0.3 is 10.1 Å². The highest BCUT2D eigenvalue weighted by atomic mass is 79.9. The molecule has 2 aromatic carbocycles. The third kappa shape index (κ3) is 5.15. The van der Waals surface area contributed by atoms with E-state index in [1.54, 1.807) is 24.3 Å². The summed E-state index contributed by atoms with van der Waals surface area (Å²) in [6.45, 7) is 3.41. The summed E-state index contributed by atoms with van der Waals surface area (Å²) in [6.07, 6.45) is 1.04. The second kappa shape index (κ2) is 8.50. The van der Waals surface area contributed by atoms with E-state index in [0.717, 1.165) is 20.6 Å². The van der Waals surface area contributed by atoms with Crippen LogP contribution in [0.25, 0.3) is 0 Å². The van der Waals surface area contributed by atoms with Crippen molar-refractivity contribution in [1.82, 2.24) is 0 Å². The maximum atomic E-state index is 12.7. The number of rotatable bonds is 6. The van der Waals surface area contributed by atoms with Crippen LogP contribution in [0.3, 0.4) is 0 Å². The van der Waals surface area contributed by atoms with E-state index in [4.69, 9.17) is 16.3 Å². The lowest BCUT2D eigenvalue weighted by atomic mass is 10.2. The molecular weight excluding hydrogens is 456 g/mol. The number of nitrogens with one attached hydrogen (secondary N) is 1. The van der Waals surface area contributed by atoms with Crippen molar-refractivity contribution in [3.63, 3.8) is 0 Å². The van der Waals surface area contributed by atoms with Crippen LogP contribution in [-0.2, 0) is 14.8 Å². The number of halogens is 2. The summed E-state index contributed by atoms with van der Waals surface area (Å²) in [5.74, 6) is -0.0506. The summed E-state index contributed by atoms with van der Waals surface area (Å²) < 4.78 is 31.8. The topological polar surface area (TPSA) is 75.7 Å². The van der Waals surface area contributed by atoms with E-state index in [-0.39, 0.29) is 10.7 Å². The van der Waals surface area contributed by atoms with Gasteiger partial charge in [0.05, 0.1) is 24.1 Å². The Morgan fingerprint density at radius 2 is 1.93 bits per heavy atom. The predicted octanol–water partition coefficient (Wildman–Crippen LogP) is 4.21. The van der Waals surface area contributed by atoms with Gasteiger partial charge in [0.15, 0.2) is 0 Å². The first-order valence-electron chi connectivity index (χ1n) is 7.94. The molecule has 2 aromatic rings. The number of hydrogen-bond acceptors (Lipinski definition) is 4.